The van der Waals surface area contributed by atoms with Gasteiger partial charge in [0.1, 0.15) is 0 Å². The molecule has 2 nitrogen and oxygen atoms in total. The van der Waals surface area contributed by atoms with Crippen LogP contribution in [-0.2, 0) is 0 Å². The molecule has 0 spiro atoms. The lowest BCUT2D eigenvalue weighted by atomic mass is 10.1. The quantitative estimate of drug-likeness (QED) is 0.591. The van der Waals surface area contributed by atoms with E-state index < -0.39 is 0 Å². The Morgan fingerprint density at radius 1 is 1.67 bits per heavy atom. The predicted molar refractivity (Wildman–Crippen MR) is 40.7 cm³/mol. The van der Waals surface area contributed by atoms with Gasteiger partial charge in [-0.05, 0) is 24.3 Å². The zero-order valence-electron chi connectivity index (χ0n) is 5.57. The van der Waals surface area contributed by atoms with Crippen molar-refractivity contribution in [3.05, 3.63) is 18.0 Å². The van der Waals surface area contributed by atoms with Crippen molar-refractivity contribution in [3.8, 4) is 0 Å². The van der Waals surface area contributed by atoms with E-state index in [1.807, 2.05) is 12.4 Å². The summed E-state index contributed by atoms with van der Waals surface area (Å²) in [6, 6.07) is 0. The third kappa shape index (κ3) is 1.48. The lowest BCUT2D eigenvalue weighted by Gasteiger charge is -1.95. The smallest absolute Gasteiger partial charge is 0.0534 e. The summed E-state index contributed by atoms with van der Waals surface area (Å²) in [6.07, 6.45) is 3.74. The molecule has 0 aliphatic rings. The second-order valence-corrected chi connectivity index (χ2v) is 2.76. The van der Waals surface area contributed by atoms with E-state index in [9.17, 15) is 0 Å². The van der Waals surface area contributed by atoms with E-state index in [-0.39, 0.29) is 0 Å². The monoisotopic (exact) mass is 142 g/mol. The van der Waals surface area contributed by atoms with Gasteiger partial charge in [0.25, 0.3) is 0 Å². The van der Waals surface area contributed by atoms with Crippen molar-refractivity contribution in [2.45, 2.75) is 19.8 Å². The molecular formula is C6H10N2S. The number of nitrogens with zero attached hydrogens (tertiary/aromatic N) is 2. The summed E-state index contributed by atoms with van der Waals surface area (Å²) in [5, 5.41) is 3.92. The minimum absolute atomic E-state index is 0.547. The molecular weight excluding hydrogens is 132 g/mol. The fraction of sp³-hybridized carbons (Fsp3) is 0.500. The molecule has 0 aliphatic heterocycles. The first-order chi connectivity index (χ1) is 4.20. The van der Waals surface area contributed by atoms with Gasteiger partial charge in [0.05, 0.1) is 6.20 Å². The van der Waals surface area contributed by atoms with Crippen LogP contribution in [0.5, 0.6) is 0 Å². The molecule has 0 N–H and O–H groups in total. The average molecular weight is 142 g/mol. The first-order valence-electron chi connectivity index (χ1n) is 2.94. The van der Waals surface area contributed by atoms with Gasteiger partial charge in [-0.25, -0.2) is 4.09 Å². The van der Waals surface area contributed by atoms with Gasteiger partial charge in [-0.2, -0.15) is 5.10 Å². The van der Waals surface area contributed by atoms with Crippen molar-refractivity contribution in [1.82, 2.24) is 9.19 Å². The zero-order valence-corrected chi connectivity index (χ0v) is 6.47. The number of hydrogen-bond donors (Lipinski definition) is 1. The Bertz CT molecular complexity index is 193. The molecule has 0 aliphatic carbocycles. The second-order valence-electron chi connectivity index (χ2n) is 2.35. The van der Waals surface area contributed by atoms with E-state index in [4.69, 9.17) is 0 Å². The summed E-state index contributed by atoms with van der Waals surface area (Å²) in [5.74, 6) is 0.547. The number of thiol groups is 1. The average Bonchev–Trinajstić information content (AvgIpc) is 2.14. The molecule has 0 fully saturated rings. The summed E-state index contributed by atoms with van der Waals surface area (Å²) in [4.78, 5) is 0. The lowest BCUT2D eigenvalue weighted by molar-refractivity contribution is 0.867. The third-order valence-electron chi connectivity index (χ3n) is 1.26. The molecule has 0 aromatic carbocycles. The Kier molecular flexibility index (Phi) is 1.81. The Hall–Kier alpha value is -0.440. The molecule has 50 valence electrons. The van der Waals surface area contributed by atoms with Crippen LogP contribution in [0.15, 0.2) is 12.4 Å². The number of rotatable bonds is 1. The Balaban J connectivity index is 2.85. The van der Waals surface area contributed by atoms with Crippen LogP contribution in [0.1, 0.15) is 25.3 Å². The SMILES string of the molecule is CC(C)c1cnn(S)c1. The molecule has 1 aromatic heterocycles. The van der Waals surface area contributed by atoms with Gasteiger partial charge >= 0.3 is 0 Å². The van der Waals surface area contributed by atoms with Crippen molar-refractivity contribution in [1.29, 1.82) is 0 Å². The normalized spacial score (nSPS) is 10.7. The molecule has 0 saturated carbocycles. The standard InChI is InChI=1S/C6H10N2S/c1-5(2)6-3-7-8(9)4-6/h3-5,9H,1-2H3. The summed E-state index contributed by atoms with van der Waals surface area (Å²) >= 11 is 4.01. The molecule has 0 unspecified atom stereocenters. The van der Waals surface area contributed by atoms with Crippen LogP contribution in [-0.4, -0.2) is 9.19 Å². The van der Waals surface area contributed by atoms with Crippen LogP contribution in [0, 0.1) is 0 Å². The largest absolute Gasteiger partial charge is 0.217 e. The maximum Gasteiger partial charge on any atom is 0.0534 e. The maximum atomic E-state index is 4.01. The Morgan fingerprint density at radius 2 is 2.33 bits per heavy atom. The van der Waals surface area contributed by atoms with Crippen LogP contribution in [0.25, 0.3) is 0 Å². The number of hydrogen-bond acceptors (Lipinski definition) is 2. The zero-order chi connectivity index (χ0) is 6.85. The highest BCUT2D eigenvalue weighted by molar-refractivity contribution is 7.78. The summed E-state index contributed by atoms with van der Waals surface area (Å²) < 4.78 is 1.52. The van der Waals surface area contributed by atoms with Gasteiger partial charge in [0, 0.05) is 6.20 Å². The predicted octanol–water partition coefficient (Wildman–Crippen LogP) is 1.70. The van der Waals surface area contributed by atoms with Crippen LogP contribution in [0.3, 0.4) is 0 Å². The Morgan fingerprint density at radius 3 is 2.56 bits per heavy atom. The van der Waals surface area contributed by atoms with Gasteiger partial charge < -0.3 is 0 Å². The van der Waals surface area contributed by atoms with Gasteiger partial charge in [0.15, 0.2) is 0 Å². The third-order valence-corrected chi connectivity index (χ3v) is 1.48. The van der Waals surface area contributed by atoms with Crippen molar-refractivity contribution >= 4 is 12.8 Å². The second kappa shape index (κ2) is 2.43. The highest BCUT2D eigenvalue weighted by Gasteiger charge is 1.99. The molecule has 0 bridgehead atoms. The summed E-state index contributed by atoms with van der Waals surface area (Å²) in [7, 11) is 0. The number of aromatic nitrogens is 2. The summed E-state index contributed by atoms with van der Waals surface area (Å²) in [6.45, 7) is 4.26. The van der Waals surface area contributed by atoms with Crippen molar-refractivity contribution in [2.75, 3.05) is 0 Å². The van der Waals surface area contributed by atoms with Crippen molar-refractivity contribution in [3.63, 3.8) is 0 Å². The topological polar surface area (TPSA) is 17.8 Å². The molecule has 0 radical (unpaired) electrons. The first-order valence-corrected chi connectivity index (χ1v) is 3.34. The molecule has 0 saturated heterocycles. The molecule has 1 heterocycles. The molecule has 1 rings (SSSR count). The lowest BCUT2D eigenvalue weighted by Crippen LogP contribution is -1.81. The molecule has 0 atom stereocenters. The summed E-state index contributed by atoms with van der Waals surface area (Å²) in [5.41, 5.74) is 1.23. The van der Waals surface area contributed by atoms with Crippen molar-refractivity contribution < 1.29 is 0 Å². The van der Waals surface area contributed by atoms with Crippen LogP contribution >= 0.6 is 12.8 Å². The molecule has 1 aromatic rings. The van der Waals surface area contributed by atoms with E-state index in [0.29, 0.717) is 5.92 Å². The van der Waals surface area contributed by atoms with Gasteiger partial charge in [-0.3, -0.25) is 0 Å². The molecule has 9 heavy (non-hydrogen) atoms. The minimum atomic E-state index is 0.547. The van der Waals surface area contributed by atoms with Crippen LogP contribution in [0.2, 0.25) is 0 Å². The van der Waals surface area contributed by atoms with Crippen molar-refractivity contribution in [2.24, 2.45) is 0 Å². The van der Waals surface area contributed by atoms with Gasteiger partial charge in [-0.15, -0.1) is 0 Å². The van der Waals surface area contributed by atoms with Crippen LogP contribution in [0.4, 0.5) is 0 Å². The fourth-order valence-corrected chi connectivity index (χ4v) is 0.809. The van der Waals surface area contributed by atoms with Gasteiger partial charge in [0.2, 0.25) is 0 Å². The highest BCUT2D eigenvalue weighted by Crippen LogP contribution is 2.11. The minimum Gasteiger partial charge on any atom is -0.217 e. The van der Waals surface area contributed by atoms with Crippen LogP contribution < -0.4 is 0 Å². The van der Waals surface area contributed by atoms with E-state index >= 15 is 0 Å². The first kappa shape index (κ1) is 6.68. The van der Waals surface area contributed by atoms with E-state index in [2.05, 4.69) is 31.8 Å². The molecule has 0 amide bonds. The van der Waals surface area contributed by atoms with E-state index in [0.717, 1.165) is 0 Å². The van der Waals surface area contributed by atoms with E-state index in [1.165, 1.54) is 9.65 Å². The Labute approximate surface area is 60.4 Å². The molecule has 3 heteroatoms. The van der Waals surface area contributed by atoms with E-state index in [1.54, 1.807) is 0 Å². The maximum absolute atomic E-state index is 4.01. The van der Waals surface area contributed by atoms with Gasteiger partial charge in [-0.1, -0.05) is 13.8 Å². The fourth-order valence-electron chi connectivity index (χ4n) is 0.624. The highest BCUT2D eigenvalue weighted by atomic mass is 32.1.